The first kappa shape index (κ1) is 15.7. The normalized spacial score (nSPS) is 20.5. The summed E-state index contributed by atoms with van der Waals surface area (Å²) in [7, 11) is 0. The van der Waals surface area contributed by atoms with Crippen molar-refractivity contribution in [2.75, 3.05) is 12.3 Å². The van der Waals surface area contributed by atoms with Crippen LogP contribution in [0.1, 0.15) is 46.4 Å². The van der Waals surface area contributed by atoms with Crippen molar-refractivity contribution >= 4 is 23.0 Å². The molecule has 2 aromatic carbocycles. The van der Waals surface area contributed by atoms with Gasteiger partial charge in [-0.15, -0.1) is 0 Å². The first-order chi connectivity index (χ1) is 12.2. The summed E-state index contributed by atoms with van der Waals surface area (Å²) in [5.41, 5.74) is 11.0. The van der Waals surface area contributed by atoms with Gasteiger partial charge in [-0.1, -0.05) is 12.1 Å². The van der Waals surface area contributed by atoms with Gasteiger partial charge in [0, 0.05) is 29.4 Å². The first-order valence-electron chi connectivity index (χ1n) is 8.53. The average Bonchev–Trinajstić information content (AvgIpc) is 2.67. The van der Waals surface area contributed by atoms with E-state index in [0.29, 0.717) is 11.5 Å². The van der Waals surface area contributed by atoms with Crippen LogP contribution in [-0.4, -0.2) is 22.8 Å². The summed E-state index contributed by atoms with van der Waals surface area (Å²) in [5.74, 6) is 0.348. The van der Waals surface area contributed by atoms with Crippen LogP contribution >= 0.6 is 0 Å². The smallest absolute Gasteiger partial charge is 0.150 e. The van der Waals surface area contributed by atoms with Gasteiger partial charge in [-0.25, -0.2) is 4.98 Å². The lowest BCUT2D eigenvalue weighted by Crippen LogP contribution is -2.31. The van der Waals surface area contributed by atoms with Crippen molar-refractivity contribution < 1.29 is 4.79 Å². The molecule has 2 atom stereocenters. The lowest BCUT2D eigenvalue weighted by molar-refractivity contribution is 0.112. The highest BCUT2D eigenvalue weighted by molar-refractivity contribution is 5.84. The molecule has 1 aliphatic heterocycles. The van der Waals surface area contributed by atoms with Crippen molar-refractivity contribution in [1.82, 2.24) is 15.3 Å². The van der Waals surface area contributed by atoms with E-state index >= 15 is 0 Å². The van der Waals surface area contributed by atoms with Crippen molar-refractivity contribution in [3.8, 4) is 0 Å². The number of fused-ring (bicyclic) bond motifs is 1. The van der Waals surface area contributed by atoms with Gasteiger partial charge in [0.2, 0.25) is 0 Å². The van der Waals surface area contributed by atoms with E-state index < -0.39 is 0 Å². The molecule has 126 valence electrons. The molecule has 2 heterocycles. The Bertz CT molecular complexity index is 907. The number of hydrogen-bond donors (Lipinski definition) is 2. The van der Waals surface area contributed by atoms with Crippen LogP contribution < -0.4 is 11.1 Å². The minimum atomic E-state index is 0.290. The fraction of sp³-hybridized carbons (Fsp3) is 0.250. The van der Waals surface area contributed by atoms with Gasteiger partial charge in [0.05, 0.1) is 16.7 Å². The van der Waals surface area contributed by atoms with Crippen LogP contribution in [0, 0.1) is 0 Å². The molecule has 5 heteroatoms. The summed E-state index contributed by atoms with van der Waals surface area (Å²) in [4.78, 5) is 20.3. The molecule has 5 nitrogen and oxygen atoms in total. The number of aldehydes is 1. The number of carbonyl (C=O) groups is 1. The molecule has 25 heavy (non-hydrogen) atoms. The Morgan fingerprint density at radius 2 is 1.96 bits per heavy atom. The van der Waals surface area contributed by atoms with E-state index in [4.69, 9.17) is 10.7 Å². The molecule has 1 aromatic heterocycles. The second-order valence-corrected chi connectivity index (χ2v) is 6.56. The Balaban J connectivity index is 1.61. The van der Waals surface area contributed by atoms with Crippen molar-refractivity contribution in [3.63, 3.8) is 0 Å². The molecule has 2 unspecified atom stereocenters. The Hall–Kier alpha value is -2.79. The van der Waals surface area contributed by atoms with Crippen LogP contribution in [0.4, 0.5) is 5.69 Å². The highest BCUT2D eigenvalue weighted by Gasteiger charge is 2.25. The van der Waals surface area contributed by atoms with Gasteiger partial charge in [-0.05, 0) is 55.3 Å². The van der Waals surface area contributed by atoms with Gasteiger partial charge >= 0.3 is 0 Å². The van der Waals surface area contributed by atoms with Gasteiger partial charge in [-0.3, -0.25) is 9.78 Å². The molecular weight excluding hydrogens is 312 g/mol. The molecule has 1 fully saturated rings. The number of rotatable bonds is 3. The molecule has 4 rings (SSSR count). The number of anilines is 1. The van der Waals surface area contributed by atoms with Crippen LogP contribution in [-0.2, 0) is 0 Å². The zero-order valence-electron chi connectivity index (χ0n) is 13.9. The number of nitrogens with two attached hydrogens (primary N) is 1. The lowest BCUT2D eigenvalue weighted by atomic mass is 9.86. The molecule has 0 amide bonds. The molecule has 3 aromatic rings. The second kappa shape index (κ2) is 6.61. The Morgan fingerprint density at radius 3 is 2.76 bits per heavy atom. The molecular formula is C20H20N4O. The highest BCUT2D eigenvalue weighted by Crippen LogP contribution is 2.33. The van der Waals surface area contributed by atoms with Gasteiger partial charge in [0.1, 0.15) is 6.29 Å². The predicted octanol–water partition coefficient (Wildman–Crippen LogP) is 3.23. The maximum absolute atomic E-state index is 11.0. The van der Waals surface area contributed by atoms with E-state index in [0.717, 1.165) is 48.1 Å². The minimum Gasteiger partial charge on any atom is -0.399 e. The fourth-order valence-corrected chi connectivity index (χ4v) is 3.48. The Morgan fingerprint density at radius 1 is 1.12 bits per heavy atom. The predicted molar refractivity (Wildman–Crippen MR) is 98.5 cm³/mol. The largest absolute Gasteiger partial charge is 0.399 e. The van der Waals surface area contributed by atoms with Crippen molar-refractivity contribution in [3.05, 3.63) is 65.5 Å². The van der Waals surface area contributed by atoms with Crippen LogP contribution in [0.3, 0.4) is 0 Å². The molecule has 1 saturated heterocycles. The minimum absolute atomic E-state index is 0.290. The lowest BCUT2D eigenvalue weighted by Gasteiger charge is -2.30. The molecule has 0 spiro atoms. The number of aromatic nitrogens is 2. The fourth-order valence-electron chi connectivity index (χ4n) is 3.48. The van der Waals surface area contributed by atoms with E-state index in [-0.39, 0.29) is 6.04 Å². The maximum atomic E-state index is 11.0. The molecule has 1 aliphatic rings. The van der Waals surface area contributed by atoms with Gasteiger partial charge < -0.3 is 11.1 Å². The van der Waals surface area contributed by atoms with E-state index in [1.165, 1.54) is 5.56 Å². The summed E-state index contributed by atoms with van der Waals surface area (Å²) >= 11 is 0. The maximum Gasteiger partial charge on any atom is 0.150 e. The van der Waals surface area contributed by atoms with E-state index in [9.17, 15) is 4.79 Å². The van der Waals surface area contributed by atoms with Gasteiger partial charge in [-0.2, -0.15) is 0 Å². The van der Waals surface area contributed by atoms with Crippen LogP contribution in [0.5, 0.6) is 0 Å². The molecule has 0 bridgehead atoms. The number of nitrogens with zero attached hydrogens (tertiary/aromatic N) is 2. The second-order valence-electron chi connectivity index (χ2n) is 6.56. The zero-order valence-corrected chi connectivity index (χ0v) is 13.9. The SMILES string of the molecule is Nc1ccc(C2CC(c3cnc4ccc(C=O)cc4n3)CCN2)cc1. The third-order valence-electron chi connectivity index (χ3n) is 4.88. The summed E-state index contributed by atoms with van der Waals surface area (Å²) in [6.07, 6.45) is 4.71. The summed E-state index contributed by atoms with van der Waals surface area (Å²) in [5, 5.41) is 3.57. The number of benzene rings is 2. The van der Waals surface area contributed by atoms with Crippen LogP contribution in [0.15, 0.2) is 48.7 Å². The summed E-state index contributed by atoms with van der Waals surface area (Å²) < 4.78 is 0. The van der Waals surface area contributed by atoms with Crippen LogP contribution in [0.25, 0.3) is 11.0 Å². The topological polar surface area (TPSA) is 80.9 Å². The molecule has 0 saturated carbocycles. The van der Waals surface area contributed by atoms with Crippen molar-refractivity contribution in [1.29, 1.82) is 0 Å². The van der Waals surface area contributed by atoms with Gasteiger partial charge in [0.25, 0.3) is 0 Å². The standard InChI is InChI=1S/C20H20N4O/c21-16-4-2-14(3-5-16)18-10-15(7-8-22-18)20-11-23-17-6-1-13(12-25)9-19(17)24-20/h1-6,9,11-12,15,18,22H,7-8,10,21H2. The number of hydrogen-bond acceptors (Lipinski definition) is 5. The Kier molecular flexibility index (Phi) is 4.15. The van der Waals surface area contributed by atoms with E-state index in [1.54, 1.807) is 12.1 Å². The van der Waals surface area contributed by atoms with E-state index in [2.05, 4.69) is 22.4 Å². The summed E-state index contributed by atoms with van der Waals surface area (Å²) in [6.45, 7) is 0.938. The molecule has 3 N–H and O–H groups in total. The monoisotopic (exact) mass is 332 g/mol. The quantitative estimate of drug-likeness (QED) is 0.568. The zero-order chi connectivity index (χ0) is 17.2. The van der Waals surface area contributed by atoms with Crippen molar-refractivity contribution in [2.24, 2.45) is 0 Å². The van der Waals surface area contributed by atoms with Crippen molar-refractivity contribution in [2.45, 2.75) is 24.8 Å². The Labute approximate surface area is 146 Å². The molecule has 0 aliphatic carbocycles. The van der Waals surface area contributed by atoms with E-state index in [1.807, 2.05) is 24.4 Å². The number of piperidine rings is 1. The number of carbonyl (C=O) groups excluding carboxylic acids is 1. The first-order valence-corrected chi connectivity index (χ1v) is 8.53. The third kappa shape index (κ3) is 3.23. The summed E-state index contributed by atoms with van der Waals surface area (Å²) in [6, 6.07) is 13.8. The highest BCUT2D eigenvalue weighted by atomic mass is 16.1. The van der Waals surface area contributed by atoms with Gasteiger partial charge in [0.15, 0.2) is 0 Å². The molecule has 0 radical (unpaired) electrons. The average molecular weight is 332 g/mol. The number of nitrogens with one attached hydrogen (secondary N) is 1. The number of nitrogen functional groups attached to an aromatic ring is 1. The van der Waals surface area contributed by atoms with Crippen LogP contribution in [0.2, 0.25) is 0 Å². The third-order valence-corrected chi connectivity index (χ3v) is 4.88.